The molecular formula is C16H29Cl3N4O. The monoisotopic (exact) mass is 398 g/mol. The average molecular weight is 400 g/mol. The Bertz CT molecular complexity index is 480. The third-order valence-electron chi connectivity index (χ3n) is 3.72. The fourth-order valence-electron chi connectivity index (χ4n) is 2.52. The Balaban J connectivity index is 0. The zero-order chi connectivity index (χ0) is 15.2. The molecule has 1 aliphatic heterocycles. The molecule has 3 N–H and O–H groups in total. The first kappa shape index (κ1) is 25.7. The number of hydrogen-bond donors (Lipinski definition) is 2. The summed E-state index contributed by atoms with van der Waals surface area (Å²) in [5.74, 6) is -0.0262. The minimum Gasteiger partial charge on any atom is -0.327 e. The quantitative estimate of drug-likeness (QED) is 0.798. The molecule has 1 saturated heterocycles. The summed E-state index contributed by atoms with van der Waals surface area (Å²) in [5, 5.41) is 2.91. The molecule has 2 rings (SSSR count). The Kier molecular flexibility index (Phi) is 13.6. The van der Waals surface area contributed by atoms with Crippen molar-refractivity contribution in [2.45, 2.75) is 25.9 Å². The second-order valence-corrected chi connectivity index (χ2v) is 6.01. The topological polar surface area (TPSA) is 61.6 Å². The third kappa shape index (κ3) is 9.06. The second kappa shape index (κ2) is 12.8. The van der Waals surface area contributed by atoms with Gasteiger partial charge in [0.15, 0.2) is 0 Å². The maximum absolute atomic E-state index is 11.8. The van der Waals surface area contributed by atoms with Crippen molar-refractivity contribution in [1.29, 1.82) is 0 Å². The van der Waals surface area contributed by atoms with Gasteiger partial charge in [-0.3, -0.25) is 9.69 Å². The van der Waals surface area contributed by atoms with Crippen LogP contribution < -0.4 is 11.1 Å². The molecule has 0 spiro atoms. The highest BCUT2D eigenvalue weighted by Gasteiger charge is 2.14. The Morgan fingerprint density at radius 3 is 2.42 bits per heavy atom. The van der Waals surface area contributed by atoms with Crippen molar-refractivity contribution >= 4 is 48.8 Å². The highest BCUT2D eigenvalue weighted by atomic mass is 35.5. The van der Waals surface area contributed by atoms with Crippen LogP contribution in [0.1, 0.15) is 18.9 Å². The van der Waals surface area contributed by atoms with Crippen LogP contribution in [-0.2, 0) is 11.3 Å². The van der Waals surface area contributed by atoms with Gasteiger partial charge < -0.3 is 16.0 Å². The first-order chi connectivity index (χ1) is 10.0. The van der Waals surface area contributed by atoms with E-state index in [1.807, 2.05) is 19.1 Å². The Labute approximate surface area is 163 Å². The SMILES string of the molecule is CC(N)CC(=O)Nc1cccc(CN2CCN(C)CC2)c1.Cl.Cl.Cl. The maximum Gasteiger partial charge on any atom is 0.225 e. The molecule has 5 nitrogen and oxygen atoms in total. The van der Waals surface area contributed by atoms with Crippen molar-refractivity contribution in [2.75, 3.05) is 38.5 Å². The van der Waals surface area contributed by atoms with E-state index < -0.39 is 0 Å². The number of hydrogen-bond acceptors (Lipinski definition) is 4. The summed E-state index contributed by atoms with van der Waals surface area (Å²) in [6.45, 7) is 7.19. The molecule has 1 heterocycles. The summed E-state index contributed by atoms with van der Waals surface area (Å²) in [6.07, 6.45) is 0.350. The average Bonchev–Trinajstić information content (AvgIpc) is 2.41. The fourth-order valence-corrected chi connectivity index (χ4v) is 2.52. The number of benzene rings is 1. The van der Waals surface area contributed by atoms with Crippen molar-refractivity contribution in [1.82, 2.24) is 9.80 Å². The highest BCUT2D eigenvalue weighted by molar-refractivity contribution is 5.91. The number of piperazine rings is 1. The molecule has 140 valence electrons. The number of likely N-dealkylation sites (N-methyl/N-ethyl adjacent to an activating group) is 1. The number of carbonyl (C=O) groups is 1. The van der Waals surface area contributed by atoms with E-state index in [0.29, 0.717) is 6.42 Å². The lowest BCUT2D eigenvalue weighted by Gasteiger charge is -2.32. The number of halogens is 3. The van der Waals surface area contributed by atoms with Crippen LogP contribution in [0.3, 0.4) is 0 Å². The molecule has 0 radical (unpaired) electrons. The van der Waals surface area contributed by atoms with E-state index in [0.717, 1.165) is 38.4 Å². The number of anilines is 1. The van der Waals surface area contributed by atoms with Crippen LogP contribution in [0.25, 0.3) is 0 Å². The zero-order valence-corrected chi connectivity index (χ0v) is 16.7. The lowest BCUT2D eigenvalue weighted by atomic mass is 10.1. The Hall–Kier alpha value is -0.560. The molecule has 1 atom stereocenters. The summed E-state index contributed by atoms with van der Waals surface area (Å²) in [7, 11) is 2.16. The Morgan fingerprint density at radius 1 is 1.21 bits per heavy atom. The molecule has 1 aliphatic rings. The molecule has 1 aromatic carbocycles. The molecule has 0 saturated carbocycles. The van der Waals surface area contributed by atoms with Crippen LogP contribution in [0.15, 0.2) is 24.3 Å². The van der Waals surface area contributed by atoms with Crippen molar-refractivity contribution < 1.29 is 4.79 Å². The first-order valence-electron chi connectivity index (χ1n) is 7.58. The number of nitrogens with one attached hydrogen (secondary N) is 1. The van der Waals surface area contributed by atoms with Crippen LogP contribution in [0, 0.1) is 0 Å². The standard InChI is InChI=1S/C16H26N4O.3ClH/c1-13(17)10-16(21)18-15-5-3-4-14(11-15)12-20-8-6-19(2)7-9-20;;;/h3-5,11,13H,6-10,12,17H2,1-2H3,(H,18,21);3*1H. The third-order valence-corrected chi connectivity index (χ3v) is 3.72. The molecule has 1 unspecified atom stereocenters. The molecule has 1 aromatic rings. The van der Waals surface area contributed by atoms with Gasteiger partial charge in [0.05, 0.1) is 0 Å². The number of nitrogens with two attached hydrogens (primary N) is 1. The largest absolute Gasteiger partial charge is 0.327 e. The van der Waals surface area contributed by atoms with Gasteiger partial charge >= 0.3 is 0 Å². The lowest BCUT2D eigenvalue weighted by Crippen LogP contribution is -2.43. The normalized spacial score (nSPS) is 16.1. The van der Waals surface area contributed by atoms with Crippen LogP contribution in [0.2, 0.25) is 0 Å². The summed E-state index contributed by atoms with van der Waals surface area (Å²) in [5.41, 5.74) is 7.73. The molecular weight excluding hydrogens is 371 g/mol. The van der Waals surface area contributed by atoms with E-state index in [1.54, 1.807) is 0 Å². The predicted octanol–water partition coefficient (Wildman–Crippen LogP) is 2.38. The molecule has 1 amide bonds. The smallest absolute Gasteiger partial charge is 0.225 e. The molecule has 8 heteroatoms. The van der Waals surface area contributed by atoms with Gasteiger partial charge in [0.25, 0.3) is 0 Å². The summed E-state index contributed by atoms with van der Waals surface area (Å²) < 4.78 is 0. The zero-order valence-electron chi connectivity index (χ0n) is 14.2. The molecule has 0 aliphatic carbocycles. The number of amides is 1. The van der Waals surface area contributed by atoms with Gasteiger partial charge in [-0.15, -0.1) is 37.2 Å². The van der Waals surface area contributed by atoms with E-state index in [1.165, 1.54) is 5.56 Å². The van der Waals surface area contributed by atoms with Crippen molar-refractivity contribution in [3.05, 3.63) is 29.8 Å². The number of nitrogens with zero attached hydrogens (tertiary/aromatic N) is 2. The van der Waals surface area contributed by atoms with Crippen LogP contribution >= 0.6 is 37.2 Å². The first-order valence-corrected chi connectivity index (χ1v) is 7.58. The number of carbonyl (C=O) groups excluding carboxylic acids is 1. The van der Waals surface area contributed by atoms with Crippen molar-refractivity contribution in [3.63, 3.8) is 0 Å². The van der Waals surface area contributed by atoms with Crippen LogP contribution in [0.4, 0.5) is 5.69 Å². The van der Waals surface area contributed by atoms with Crippen molar-refractivity contribution in [3.8, 4) is 0 Å². The van der Waals surface area contributed by atoms with E-state index in [-0.39, 0.29) is 49.2 Å². The van der Waals surface area contributed by atoms with E-state index in [4.69, 9.17) is 5.73 Å². The van der Waals surface area contributed by atoms with Gasteiger partial charge in [0, 0.05) is 50.9 Å². The predicted molar refractivity (Wildman–Crippen MR) is 108 cm³/mol. The van der Waals surface area contributed by atoms with E-state index >= 15 is 0 Å². The lowest BCUT2D eigenvalue weighted by molar-refractivity contribution is -0.116. The van der Waals surface area contributed by atoms with Crippen LogP contribution in [0.5, 0.6) is 0 Å². The summed E-state index contributed by atoms with van der Waals surface area (Å²) in [4.78, 5) is 16.5. The second-order valence-electron chi connectivity index (χ2n) is 6.01. The van der Waals surface area contributed by atoms with E-state index in [2.05, 4.69) is 34.3 Å². The number of rotatable bonds is 5. The highest BCUT2D eigenvalue weighted by Crippen LogP contribution is 2.14. The molecule has 0 bridgehead atoms. The maximum atomic E-state index is 11.8. The van der Waals surface area contributed by atoms with Gasteiger partial charge in [-0.2, -0.15) is 0 Å². The molecule has 0 aromatic heterocycles. The summed E-state index contributed by atoms with van der Waals surface area (Å²) >= 11 is 0. The van der Waals surface area contributed by atoms with Crippen LogP contribution in [-0.4, -0.2) is 55.0 Å². The summed E-state index contributed by atoms with van der Waals surface area (Å²) in [6, 6.07) is 7.97. The van der Waals surface area contributed by atoms with Gasteiger partial charge in [-0.1, -0.05) is 12.1 Å². The minimum atomic E-state index is -0.112. The van der Waals surface area contributed by atoms with Gasteiger partial charge in [-0.25, -0.2) is 0 Å². The van der Waals surface area contributed by atoms with E-state index in [9.17, 15) is 4.79 Å². The minimum absolute atomic E-state index is 0. The Morgan fingerprint density at radius 2 is 1.83 bits per heavy atom. The van der Waals surface area contributed by atoms with Crippen molar-refractivity contribution in [2.24, 2.45) is 5.73 Å². The molecule has 1 fully saturated rings. The molecule has 24 heavy (non-hydrogen) atoms. The fraction of sp³-hybridized carbons (Fsp3) is 0.562. The van der Waals surface area contributed by atoms with Gasteiger partial charge in [0.1, 0.15) is 0 Å². The van der Waals surface area contributed by atoms with Gasteiger partial charge in [0.2, 0.25) is 5.91 Å². The van der Waals surface area contributed by atoms with Gasteiger partial charge in [-0.05, 0) is 31.7 Å².